The van der Waals surface area contributed by atoms with Crippen molar-refractivity contribution in [3.05, 3.63) is 81.8 Å². The van der Waals surface area contributed by atoms with Gasteiger partial charge in [0.2, 0.25) is 5.88 Å². The minimum Gasteiger partial charge on any atom is -0.439 e. The average Bonchev–Trinajstić information content (AvgIpc) is 3.21. The summed E-state index contributed by atoms with van der Waals surface area (Å²) in [5.41, 5.74) is 1.69. The highest BCUT2D eigenvalue weighted by molar-refractivity contribution is 7.13. The summed E-state index contributed by atoms with van der Waals surface area (Å²) in [6.45, 7) is 0. The molecule has 2 aromatic carbocycles. The van der Waals surface area contributed by atoms with E-state index >= 15 is 0 Å². The molecular formula is C21H11Cl2F3N2OS. The first kappa shape index (κ1) is 20.7. The van der Waals surface area contributed by atoms with Gasteiger partial charge in [0.1, 0.15) is 10.8 Å². The fraction of sp³-hybridized carbons (Fsp3) is 0.0476. The Morgan fingerprint density at radius 1 is 0.867 bits per heavy atom. The van der Waals surface area contributed by atoms with Gasteiger partial charge >= 0.3 is 6.18 Å². The van der Waals surface area contributed by atoms with Crippen LogP contribution in [0.4, 0.5) is 13.2 Å². The van der Waals surface area contributed by atoms with Gasteiger partial charge in [-0.15, -0.1) is 11.3 Å². The van der Waals surface area contributed by atoms with Crippen molar-refractivity contribution >= 4 is 34.5 Å². The van der Waals surface area contributed by atoms with Gasteiger partial charge in [0.15, 0.2) is 0 Å². The van der Waals surface area contributed by atoms with Crippen molar-refractivity contribution in [2.75, 3.05) is 0 Å². The van der Waals surface area contributed by atoms with Gasteiger partial charge in [0.25, 0.3) is 0 Å². The molecule has 3 nitrogen and oxygen atoms in total. The molecule has 4 rings (SSSR count). The van der Waals surface area contributed by atoms with Crippen molar-refractivity contribution in [3.8, 4) is 33.5 Å². The number of alkyl halides is 3. The van der Waals surface area contributed by atoms with E-state index in [9.17, 15) is 13.2 Å². The van der Waals surface area contributed by atoms with E-state index in [1.54, 1.807) is 24.3 Å². The number of nitrogens with zero attached hydrogens (tertiary/aromatic N) is 2. The number of aromatic nitrogens is 2. The number of pyridine rings is 1. The Morgan fingerprint density at radius 2 is 1.60 bits per heavy atom. The van der Waals surface area contributed by atoms with Crippen LogP contribution in [0.2, 0.25) is 10.0 Å². The molecule has 0 atom stereocenters. The van der Waals surface area contributed by atoms with Gasteiger partial charge in [0, 0.05) is 28.8 Å². The standard InChI is InChI=1S/C21H11Cl2F3N2OS/c22-16-7-3-13(9-17(16)23)18-11-30-20(28-18)12-1-5-15(6-2-12)29-19-8-4-14(10-27-19)21(24,25)26/h1-11H. The molecule has 0 saturated carbocycles. The molecule has 9 heteroatoms. The van der Waals surface area contributed by atoms with E-state index in [0.29, 0.717) is 15.8 Å². The smallest absolute Gasteiger partial charge is 0.417 e. The Bertz CT molecular complexity index is 1180. The number of hydrogen-bond acceptors (Lipinski definition) is 4. The first-order valence-electron chi connectivity index (χ1n) is 8.52. The topological polar surface area (TPSA) is 35.0 Å². The molecule has 152 valence electrons. The van der Waals surface area contributed by atoms with E-state index in [4.69, 9.17) is 27.9 Å². The third-order valence-electron chi connectivity index (χ3n) is 4.11. The number of benzene rings is 2. The van der Waals surface area contributed by atoms with Crippen molar-refractivity contribution in [2.45, 2.75) is 6.18 Å². The van der Waals surface area contributed by atoms with E-state index in [-0.39, 0.29) is 5.88 Å². The Morgan fingerprint density at radius 3 is 2.23 bits per heavy atom. The lowest BCUT2D eigenvalue weighted by Gasteiger charge is -2.08. The zero-order valence-corrected chi connectivity index (χ0v) is 17.3. The summed E-state index contributed by atoms with van der Waals surface area (Å²) in [6.07, 6.45) is -3.69. The number of thiazole rings is 1. The van der Waals surface area contributed by atoms with Crippen LogP contribution in [0.3, 0.4) is 0 Å². The molecule has 2 heterocycles. The van der Waals surface area contributed by atoms with Crippen molar-refractivity contribution in [2.24, 2.45) is 0 Å². The maximum Gasteiger partial charge on any atom is 0.417 e. The van der Waals surface area contributed by atoms with Gasteiger partial charge in [0.05, 0.1) is 21.3 Å². The molecule has 0 bridgehead atoms. The monoisotopic (exact) mass is 466 g/mol. The second-order valence-electron chi connectivity index (χ2n) is 6.18. The van der Waals surface area contributed by atoms with E-state index in [2.05, 4.69) is 9.97 Å². The molecule has 0 aliphatic heterocycles. The summed E-state index contributed by atoms with van der Waals surface area (Å²) < 4.78 is 43.3. The molecular weight excluding hydrogens is 456 g/mol. The van der Waals surface area contributed by atoms with Crippen LogP contribution >= 0.6 is 34.5 Å². The van der Waals surface area contributed by atoms with Gasteiger partial charge in [-0.3, -0.25) is 0 Å². The molecule has 0 saturated heterocycles. The van der Waals surface area contributed by atoms with Crippen LogP contribution in [0.1, 0.15) is 5.56 Å². The summed E-state index contributed by atoms with van der Waals surface area (Å²) in [5, 5.41) is 3.66. The largest absolute Gasteiger partial charge is 0.439 e. The van der Waals surface area contributed by atoms with Crippen LogP contribution in [0.15, 0.2) is 66.2 Å². The number of halogens is 5. The Hall–Kier alpha value is -2.61. The van der Waals surface area contributed by atoms with Crippen molar-refractivity contribution in [1.29, 1.82) is 0 Å². The van der Waals surface area contributed by atoms with Crippen LogP contribution in [0.25, 0.3) is 21.8 Å². The maximum absolute atomic E-state index is 12.6. The molecule has 0 radical (unpaired) electrons. The summed E-state index contributed by atoms with van der Waals surface area (Å²) >= 11 is 13.5. The highest BCUT2D eigenvalue weighted by atomic mass is 35.5. The molecule has 0 spiro atoms. The molecule has 0 amide bonds. The van der Waals surface area contributed by atoms with Gasteiger partial charge < -0.3 is 4.74 Å². The van der Waals surface area contributed by atoms with E-state index in [1.165, 1.54) is 17.4 Å². The summed E-state index contributed by atoms with van der Waals surface area (Å²) in [6, 6.07) is 14.5. The Balaban J connectivity index is 1.49. The Labute approximate surface area is 183 Å². The molecule has 0 unspecified atom stereocenters. The normalized spacial score (nSPS) is 11.5. The van der Waals surface area contributed by atoms with Gasteiger partial charge in [-0.05, 0) is 42.5 Å². The highest BCUT2D eigenvalue weighted by Crippen LogP contribution is 2.34. The fourth-order valence-corrected chi connectivity index (χ4v) is 3.72. The molecule has 4 aromatic rings. The summed E-state index contributed by atoms with van der Waals surface area (Å²) in [5.74, 6) is 0.527. The van der Waals surface area contributed by atoms with Gasteiger partial charge in [-0.25, -0.2) is 9.97 Å². The average molecular weight is 467 g/mol. The van der Waals surface area contributed by atoms with Crippen LogP contribution in [-0.4, -0.2) is 9.97 Å². The maximum atomic E-state index is 12.6. The highest BCUT2D eigenvalue weighted by Gasteiger charge is 2.30. The predicted molar refractivity (Wildman–Crippen MR) is 112 cm³/mol. The fourth-order valence-electron chi connectivity index (χ4n) is 2.59. The lowest BCUT2D eigenvalue weighted by Crippen LogP contribution is -2.05. The first-order chi connectivity index (χ1) is 14.3. The van der Waals surface area contributed by atoms with Crippen molar-refractivity contribution < 1.29 is 17.9 Å². The lowest BCUT2D eigenvalue weighted by molar-refractivity contribution is -0.137. The van der Waals surface area contributed by atoms with Gasteiger partial charge in [-0.2, -0.15) is 13.2 Å². The van der Waals surface area contributed by atoms with E-state index < -0.39 is 11.7 Å². The number of ether oxygens (including phenoxy) is 1. The zero-order valence-electron chi connectivity index (χ0n) is 15.0. The second-order valence-corrected chi connectivity index (χ2v) is 7.85. The predicted octanol–water partition coefficient (Wildman–Crippen LogP) is 7.99. The Kier molecular flexibility index (Phi) is 5.69. The van der Waals surface area contributed by atoms with Crippen LogP contribution in [0, 0.1) is 0 Å². The molecule has 0 aliphatic carbocycles. The van der Waals surface area contributed by atoms with Gasteiger partial charge in [-0.1, -0.05) is 29.3 Å². The third-order valence-corrected chi connectivity index (χ3v) is 5.74. The number of hydrogen-bond donors (Lipinski definition) is 0. The van der Waals surface area contributed by atoms with Crippen LogP contribution < -0.4 is 4.74 Å². The van der Waals surface area contributed by atoms with E-state index in [1.807, 2.05) is 23.6 Å². The van der Waals surface area contributed by atoms with Crippen molar-refractivity contribution in [1.82, 2.24) is 9.97 Å². The minimum absolute atomic E-state index is 0.0758. The molecule has 2 aromatic heterocycles. The molecule has 30 heavy (non-hydrogen) atoms. The molecule has 0 aliphatic rings. The van der Waals surface area contributed by atoms with Crippen LogP contribution in [-0.2, 0) is 6.18 Å². The lowest BCUT2D eigenvalue weighted by atomic mass is 10.2. The minimum atomic E-state index is -4.43. The molecule has 0 fully saturated rings. The van der Waals surface area contributed by atoms with Crippen molar-refractivity contribution in [3.63, 3.8) is 0 Å². The molecule has 0 N–H and O–H groups in total. The zero-order chi connectivity index (χ0) is 21.3. The van der Waals surface area contributed by atoms with E-state index in [0.717, 1.165) is 34.1 Å². The summed E-state index contributed by atoms with van der Waals surface area (Å²) in [7, 11) is 0. The quantitative estimate of drug-likeness (QED) is 0.305. The third kappa shape index (κ3) is 4.59. The summed E-state index contributed by atoms with van der Waals surface area (Å²) in [4.78, 5) is 8.32. The second kappa shape index (κ2) is 8.26. The SMILES string of the molecule is FC(F)(F)c1ccc(Oc2ccc(-c3nc(-c4ccc(Cl)c(Cl)c4)cs3)cc2)nc1. The van der Waals surface area contributed by atoms with Crippen LogP contribution in [0.5, 0.6) is 11.6 Å². The number of rotatable bonds is 4. The first-order valence-corrected chi connectivity index (χ1v) is 10.2.